The van der Waals surface area contributed by atoms with Gasteiger partial charge in [0.05, 0.1) is 44.3 Å². The molecule has 3 aromatic carbocycles. The number of anilines is 1. The molecule has 0 aromatic heterocycles. The van der Waals surface area contributed by atoms with Crippen molar-refractivity contribution < 1.29 is 28.6 Å². The molecule has 1 atom stereocenters. The van der Waals surface area contributed by atoms with Gasteiger partial charge in [-0.05, 0) is 42.0 Å². The first-order valence-corrected chi connectivity index (χ1v) is 11.7. The lowest BCUT2D eigenvalue weighted by molar-refractivity contribution is -0.132. The molecule has 188 valence electrons. The number of rotatable bonds is 7. The van der Waals surface area contributed by atoms with E-state index in [1.807, 2.05) is 36.4 Å². The van der Waals surface area contributed by atoms with Gasteiger partial charge < -0.3 is 14.2 Å². The first kappa shape index (κ1) is 24.1. The minimum Gasteiger partial charge on any atom is -0.497 e. The molecule has 0 radical (unpaired) electrons. The van der Waals surface area contributed by atoms with E-state index in [4.69, 9.17) is 14.2 Å². The Kier molecular flexibility index (Phi) is 6.35. The number of carbonyl (C=O) groups is 3. The zero-order chi connectivity index (χ0) is 26.1. The van der Waals surface area contributed by atoms with Crippen LogP contribution in [0.15, 0.2) is 71.8 Å². The van der Waals surface area contributed by atoms with Crippen LogP contribution >= 0.6 is 0 Å². The summed E-state index contributed by atoms with van der Waals surface area (Å²) >= 11 is 0. The SMILES string of the molecule is COc1cccc(C2=NN(C(=O)CN3C(=O)C(=O)c4ccccc43)C(c3ccc(OC)c(OC)c3)C2)c1. The molecule has 0 bridgehead atoms. The lowest BCUT2D eigenvalue weighted by Crippen LogP contribution is -2.40. The van der Waals surface area contributed by atoms with Crippen molar-refractivity contribution in [3.8, 4) is 17.2 Å². The molecule has 0 spiro atoms. The molecule has 9 nitrogen and oxygen atoms in total. The summed E-state index contributed by atoms with van der Waals surface area (Å²) < 4.78 is 16.2. The lowest BCUT2D eigenvalue weighted by atomic mass is 9.98. The van der Waals surface area contributed by atoms with Crippen LogP contribution < -0.4 is 19.1 Å². The number of hydrogen-bond acceptors (Lipinski definition) is 7. The van der Waals surface area contributed by atoms with Crippen molar-refractivity contribution in [3.63, 3.8) is 0 Å². The van der Waals surface area contributed by atoms with Crippen LogP contribution in [0.5, 0.6) is 17.2 Å². The maximum absolute atomic E-state index is 13.7. The Labute approximate surface area is 213 Å². The Morgan fingerprint density at radius 2 is 1.70 bits per heavy atom. The number of hydrazone groups is 1. The molecule has 0 saturated carbocycles. The van der Waals surface area contributed by atoms with Gasteiger partial charge in [0.1, 0.15) is 12.3 Å². The average Bonchev–Trinajstić information content (AvgIpc) is 3.49. The number of amides is 2. The van der Waals surface area contributed by atoms with Crippen molar-refractivity contribution >= 4 is 29.0 Å². The number of para-hydroxylation sites is 1. The van der Waals surface area contributed by atoms with Crippen LogP contribution in [-0.4, -0.2) is 56.2 Å². The molecule has 2 heterocycles. The number of ketones is 1. The van der Waals surface area contributed by atoms with Crippen LogP contribution in [0.2, 0.25) is 0 Å². The number of Topliss-reactive ketones (excluding diaryl/α,β-unsaturated/α-hetero) is 1. The average molecular weight is 500 g/mol. The van der Waals surface area contributed by atoms with E-state index >= 15 is 0 Å². The first-order chi connectivity index (χ1) is 17.9. The molecule has 5 rings (SSSR count). The predicted molar refractivity (Wildman–Crippen MR) is 136 cm³/mol. The van der Waals surface area contributed by atoms with E-state index < -0.39 is 23.6 Å². The molecule has 0 N–H and O–H groups in total. The molecule has 0 fully saturated rings. The zero-order valence-corrected chi connectivity index (χ0v) is 20.6. The van der Waals surface area contributed by atoms with Gasteiger partial charge >= 0.3 is 0 Å². The molecule has 1 unspecified atom stereocenters. The van der Waals surface area contributed by atoms with E-state index in [0.29, 0.717) is 40.6 Å². The maximum Gasteiger partial charge on any atom is 0.299 e. The van der Waals surface area contributed by atoms with Gasteiger partial charge in [-0.25, -0.2) is 5.01 Å². The van der Waals surface area contributed by atoms with Crippen molar-refractivity contribution in [2.75, 3.05) is 32.8 Å². The summed E-state index contributed by atoms with van der Waals surface area (Å²) in [7, 11) is 4.69. The Balaban J connectivity index is 1.51. The number of carbonyl (C=O) groups excluding carboxylic acids is 3. The fraction of sp³-hybridized carbons (Fsp3) is 0.214. The van der Waals surface area contributed by atoms with E-state index in [1.54, 1.807) is 51.7 Å². The Hall–Kier alpha value is -4.66. The van der Waals surface area contributed by atoms with Crippen molar-refractivity contribution in [1.82, 2.24) is 5.01 Å². The summed E-state index contributed by atoms with van der Waals surface area (Å²) in [5.74, 6) is -0.0125. The van der Waals surface area contributed by atoms with Gasteiger partial charge in [-0.1, -0.05) is 30.3 Å². The van der Waals surface area contributed by atoms with Gasteiger partial charge in [-0.3, -0.25) is 19.3 Å². The van der Waals surface area contributed by atoms with E-state index in [-0.39, 0.29) is 6.54 Å². The molecular weight excluding hydrogens is 474 g/mol. The van der Waals surface area contributed by atoms with Crippen LogP contribution in [0.1, 0.15) is 33.9 Å². The van der Waals surface area contributed by atoms with Crippen LogP contribution in [0.25, 0.3) is 0 Å². The fourth-order valence-corrected chi connectivity index (χ4v) is 4.65. The predicted octanol–water partition coefficient (Wildman–Crippen LogP) is 3.62. The molecule has 0 saturated heterocycles. The van der Waals surface area contributed by atoms with Crippen molar-refractivity contribution in [3.05, 3.63) is 83.4 Å². The summed E-state index contributed by atoms with van der Waals surface area (Å²) in [6.07, 6.45) is 0.428. The van der Waals surface area contributed by atoms with Crippen LogP contribution in [-0.2, 0) is 9.59 Å². The summed E-state index contributed by atoms with van der Waals surface area (Å²) in [5, 5.41) is 6.07. The standard InChI is InChI=1S/C28H25N3O6/c1-35-19-8-6-7-17(13-19)21-15-23(18-11-12-24(36-2)25(14-18)37-3)31(29-21)26(32)16-30-22-10-5-4-9-20(22)27(33)28(30)34/h4-14,23H,15-16H2,1-3H3. The Morgan fingerprint density at radius 3 is 2.46 bits per heavy atom. The van der Waals surface area contributed by atoms with E-state index in [1.165, 1.54) is 9.91 Å². The van der Waals surface area contributed by atoms with Gasteiger partial charge in [0.15, 0.2) is 11.5 Å². The number of hydrogen-bond donors (Lipinski definition) is 0. The van der Waals surface area contributed by atoms with Gasteiger partial charge in [0, 0.05) is 12.0 Å². The van der Waals surface area contributed by atoms with Crippen molar-refractivity contribution in [2.24, 2.45) is 5.10 Å². The minimum atomic E-state index is -0.728. The second-order valence-electron chi connectivity index (χ2n) is 8.59. The molecule has 37 heavy (non-hydrogen) atoms. The fourth-order valence-electron chi connectivity index (χ4n) is 4.65. The third-order valence-corrected chi connectivity index (χ3v) is 6.53. The summed E-state index contributed by atoms with van der Waals surface area (Å²) in [6.45, 7) is -0.319. The Morgan fingerprint density at radius 1 is 0.919 bits per heavy atom. The second kappa shape index (κ2) is 9.77. The van der Waals surface area contributed by atoms with E-state index in [2.05, 4.69) is 5.10 Å². The largest absolute Gasteiger partial charge is 0.497 e. The van der Waals surface area contributed by atoms with Gasteiger partial charge in [0.25, 0.3) is 17.6 Å². The molecule has 3 aromatic rings. The van der Waals surface area contributed by atoms with Crippen LogP contribution in [0, 0.1) is 0 Å². The molecule has 2 aliphatic rings. The highest BCUT2D eigenvalue weighted by atomic mass is 16.5. The zero-order valence-electron chi connectivity index (χ0n) is 20.6. The topological polar surface area (TPSA) is 97.7 Å². The molecule has 2 aliphatic heterocycles. The highest BCUT2D eigenvalue weighted by Gasteiger charge is 2.40. The van der Waals surface area contributed by atoms with Gasteiger partial charge in [-0.15, -0.1) is 0 Å². The first-order valence-electron chi connectivity index (χ1n) is 11.7. The highest BCUT2D eigenvalue weighted by molar-refractivity contribution is 6.52. The van der Waals surface area contributed by atoms with Crippen molar-refractivity contribution in [2.45, 2.75) is 12.5 Å². The molecular formula is C28H25N3O6. The lowest BCUT2D eigenvalue weighted by Gasteiger charge is -2.25. The summed E-state index contributed by atoms with van der Waals surface area (Å²) in [4.78, 5) is 40.0. The summed E-state index contributed by atoms with van der Waals surface area (Å²) in [5.41, 5.74) is 3.01. The smallest absolute Gasteiger partial charge is 0.299 e. The van der Waals surface area contributed by atoms with E-state index in [9.17, 15) is 14.4 Å². The Bertz CT molecular complexity index is 1430. The minimum absolute atomic E-state index is 0.290. The maximum atomic E-state index is 13.7. The van der Waals surface area contributed by atoms with Crippen molar-refractivity contribution in [1.29, 1.82) is 0 Å². The van der Waals surface area contributed by atoms with E-state index in [0.717, 1.165) is 11.1 Å². The van der Waals surface area contributed by atoms with Crippen LogP contribution in [0.4, 0.5) is 5.69 Å². The number of methoxy groups -OCH3 is 3. The third-order valence-electron chi connectivity index (χ3n) is 6.53. The van der Waals surface area contributed by atoms with Gasteiger partial charge in [0.2, 0.25) is 0 Å². The molecule has 2 amide bonds. The van der Waals surface area contributed by atoms with Gasteiger partial charge in [-0.2, -0.15) is 5.10 Å². The molecule has 0 aliphatic carbocycles. The second-order valence-corrected chi connectivity index (χ2v) is 8.59. The number of nitrogens with zero attached hydrogens (tertiary/aromatic N) is 3. The number of fused-ring (bicyclic) bond motifs is 1. The number of benzene rings is 3. The molecule has 9 heteroatoms. The highest BCUT2D eigenvalue weighted by Crippen LogP contribution is 2.38. The van der Waals surface area contributed by atoms with Crippen LogP contribution in [0.3, 0.4) is 0 Å². The summed E-state index contributed by atoms with van der Waals surface area (Å²) in [6, 6.07) is 19.1. The monoisotopic (exact) mass is 499 g/mol. The number of ether oxygens (including phenoxy) is 3. The normalized spacial score (nSPS) is 16.5. The third kappa shape index (κ3) is 4.29. The quantitative estimate of drug-likeness (QED) is 0.461.